The number of H-pyrrole nitrogens is 1. The normalized spacial score (nSPS) is 15.1. The SMILES string of the molecule is Cc1c(CCCCC2CCNCC2)ccc2[nH]c(COc3ccc(Cl)cc3)nc12. The molecule has 4 rings (SSSR count). The summed E-state index contributed by atoms with van der Waals surface area (Å²) < 4.78 is 5.83. The van der Waals surface area contributed by atoms with Gasteiger partial charge in [0, 0.05) is 5.02 Å². The number of piperidine rings is 1. The van der Waals surface area contributed by atoms with E-state index >= 15 is 0 Å². The number of hydrogen-bond donors (Lipinski definition) is 2. The van der Waals surface area contributed by atoms with E-state index in [0.29, 0.717) is 11.6 Å². The first kappa shape index (κ1) is 20.2. The smallest absolute Gasteiger partial charge is 0.146 e. The van der Waals surface area contributed by atoms with E-state index in [1.54, 1.807) is 0 Å². The average Bonchev–Trinajstić information content (AvgIpc) is 3.17. The van der Waals surface area contributed by atoms with E-state index in [9.17, 15) is 0 Å². The predicted molar refractivity (Wildman–Crippen MR) is 120 cm³/mol. The number of fused-ring (bicyclic) bond motifs is 1. The second-order valence-electron chi connectivity index (χ2n) is 8.11. The van der Waals surface area contributed by atoms with Gasteiger partial charge in [0.25, 0.3) is 0 Å². The Balaban J connectivity index is 1.33. The van der Waals surface area contributed by atoms with Crippen LogP contribution in [0.2, 0.25) is 5.02 Å². The number of hydrogen-bond acceptors (Lipinski definition) is 3. The van der Waals surface area contributed by atoms with Gasteiger partial charge in [-0.2, -0.15) is 0 Å². The van der Waals surface area contributed by atoms with Crippen molar-refractivity contribution in [3.8, 4) is 5.75 Å². The molecule has 3 aromatic rings. The van der Waals surface area contributed by atoms with Crippen LogP contribution in [0.3, 0.4) is 0 Å². The summed E-state index contributed by atoms with van der Waals surface area (Å²) in [6, 6.07) is 11.8. The third-order valence-electron chi connectivity index (χ3n) is 6.03. The van der Waals surface area contributed by atoms with E-state index in [2.05, 4.69) is 29.4 Å². The molecule has 1 fully saturated rings. The van der Waals surface area contributed by atoms with Gasteiger partial charge in [0.2, 0.25) is 0 Å². The average molecular weight is 412 g/mol. The van der Waals surface area contributed by atoms with Crippen LogP contribution in [0.15, 0.2) is 36.4 Å². The maximum absolute atomic E-state index is 5.92. The van der Waals surface area contributed by atoms with Crippen LogP contribution in [-0.4, -0.2) is 23.1 Å². The number of aromatic amines is 1. The second kappa shape index (κ2) is 9.64. The van der Waals surface area contributed by atoms with Gasteiger partial charge in [0.15, 0.2) is 0 Å². The maximum atomic E-state index is 5.92. The minimum Gasteiger partial charge on any atom is -0.486 e. The molecule has 0 atom stereocenters. The minimum atomic E-state index is 0.418. The fraction of sp³-hybridized carbons (Fsp3) is 0.458. The molecule has 0 spiro atoms. The van der Waals surface area contributed by atoms with Crippen molar-refractivity contribution < 1.29 is 4.74 Å². The molecule has 2 N–H and O–H groups in total. The fourth-order valence-corrected chi connectivity index (χ4v) is 4.37. The van der Waals surface area contributed by atoms with Crippen molar-refractivity contribution in [3.05, 3.63) is 58.4 Å². The summed E-state index contributed by atoms with van der Waals surface area (Å²) in [4.78, 5) is 8.18. The molecule has 1 aliphatic heterocycles. The third-order valence-corrected chi connectivity index (χ3v) is 6.28. The molecule has 5 heteroatoms. The Bertz CT molecular complexity index is 929. The molecular weight excluding hydrogens is 382 g/mol. The highest BCUT2D eigenvalue weighted by molar-refractivity contribution is 6.30. The zero-order valence-electron chi connectivity index (χ0n) is 17.1. The van der Waals surface area contributed by atoms with Crippen molar-refractivity contribution in [1.82, 2.24) is 15.3 Å². The van der Waals surface area contributed by atoms with Gasteiger partial charge in [-0.25, -0.2) is 4.98 Å². The molecule has 29 heavy (non-hydrogen) atoms. The van der Waals surface area contributed by atoms with E-state index in [0.717, 1.165) is 34.9 Å². The van der Waals surface area contributed by atoms with Crippen LogP contribution < -0.4 is 10.1 Å². The van der Waals surface area contributed by atoms with Crippen molar-refractivity contribution in [3.63, 3.8) is 0 Å². The largest absolute Gasteiger partial charge is 0.486 e. The van der Waals surface area contributed by atoms with Gasteiger partial charge >= 0.3 is 0 Å². The lowest BCUT2D eigenvalue weighted by Crippen LogP contribution is -2.27. The van der Waals surface area contributed by atoms with E-state index in [-0.39, 0.29) is 0 Å². The molecule has 0 aliphatic carbocycles. The molecule has 4 nitrogen and oxygen atoms in total. The number of imidazole rings is 1. The Morgan fingerprint density at radius 3 is 2.66 bits per heavy atom. The molecule has 0 radical (unpaired) electrons. The lowest BCUT2D eigenvalue weighted by Gasteiger charge is -2.22. The number of unbranched alkanes of at least 4 members (excludes halogenated alkanes) is 1. The van der Waals surface area contributed by atoms with Crippen LogP contribution >= 0.6 is 11.6 Å². The molecule has 0 amide bonds. The summed E-state index contributed by atoms with van der Waals surface area (Å²) in [6.07, 6.45) is 7.78. The van der Waals surface area contributed by atoms with Crippen LogP contribution in [0, 0.1) is 12.8 Å². The minimum absolute atomic E-state index is 0.418. The molecule has 2 heterocycles. The first-order valence-corrected chi connectivity index (χ1v) is 11.1. The van der Waals surface area contributed by atoms with Crippen LogP contribution in [-0.2, 0) is 13.0 Å². The lowest BCUT2D eigenvalue weighted by molar-refractivity contribution is 0.297. The summed E-state index contributed by atoms with van der Waals surface area (Å²) in [5.41, 5.74) is 4.85. The monoisotopic (exact) mass is 411 g/mol. The highest BCUT2D eigenvalue weighted by Crippen LogP contribution is 2.24. The standard InChI is InChI=1S/C24H30ClN3O/c1-17-19(5-3-2-4-18-12-14-26-15-13-18)6-11-22-24(17)28-23(27-22)16-29-21-9-7-20(25)8-10-21/h6-11,18,26H,2-5,12-16H2,1H3,(H,27,28). The zero-order chi connectivity index (χ0) is 20.1. The van der Waals surface area contributed by atoms with Crippen LogP contribution in [0.25, 0.3) is 11.0 Å². The second-order valence-corrected chi connectivity index (χ2v) is 8.55. The van der Waals surface area contributed by atoms with Gasteiger partial charge in [0.1, 0.15) is 18.2 Å². The molecule has 0 saturated carbocycles. The summed E-state index contributed by atoms with van der Waals surface area (Å²) >= 11 is 5.92. The topological polar surface area (TPSA) is 49.9 Å². The number of halogens is 1. The Labute approximate surface area is 178 Å². The molecule has 1 saturated heterocycles. The summed E-state index contributed by atoms with van der Waals surface area (Å²) in [5, 5.41) is 4.16. The van der Waals surface area contributed by atoms with Gasteiger partial charge in [-0.15, -0.1) is 0 Å². The van der Waals surface area contributed by atoms with Crippen molar-refractivity contribution >= 4 is 22.6 Å². The maximum Gasteiger partial charge on any atom is 0.146 e. The first-order chi connectivity index (χ1) is 14.2. The molecule has 1 aliphatic rings. The number of aryl methyl sites for hydroxylation is 2. The highest BCUT2D eigenvalue weighted by Gasteiger charge is 2.13. The van der Waals surface area contributed by atoms with Crippen molar-refractivity contribution in [2.24, 2.45) is 5.92 Å². The Kier molecular flexibility index (Phi) is 6.73. The highest BCUT2D eigenvalue weighted by atomic mass is 35.5. The van der Waals surface area contributed by atoms with E-state index in [4.69, 9.17) is 21.3 Å². The Morgan fingerprint density at radius 2 is 1.86 bits per heavy atom. The van der Waals surface area contributed by atoms with Crippen molar-refractivity contribution in [2.75, 3.05) is 13.1 Å². The molecule has 0 unspecified atom stereocenters. The van der Waals surface area contributed by atoms with Crippen molar-refractivity contribution in [2.45, 2.75) is 52.1 Å². The summed E-state index contributed by atoms with van der Waals surface area (Å²) in [7, 11) is 0. The van der Waals surface area contributed by atoms with Gasteiger partial charge < -0.3 is 15.0 Å². The summed E-state index contributed by atoms with van der Waals surface area (Å²) in [5.74, 6) is 2.57. The quantitative estimate of drug-likeness (QED) is 0.459. The number of nitrogens with one attached hydrogen (secondary N) is 2. The molecule has 2 aromatic carbocycles. The first-order valence-electron chi connectivity index (χ1n) is 10.8. The fourth-order valence-electron chi connectivity index (χ4n) is 4.25. The van der Waals surface area contributed by atoms with E-state index < -0.39 is 0 Å². The number of rotatable bonds is 8. The van der Waals surface area contributed by atoms with E-state index in [1.165, 1.54) is 56.3 Å². The molecule has 0 bridgehead atoms. The van der Waals surface area contributed by atoms with Gasteiger partial charge in [-0.1, -0.05) is 30.5 Å². The summed E-state index contributed by atoms with van der Waals surface area (Å²) in [6.45, 7) is 5.00. The number of nitrogens with zero attached hydrogens (tertiary/aromatic N) is 1. The molecule has 154 valence electrons. The number of benzene rings is 2. The van der Waals surface area contributed by atoms with Crippen molar-refractivity contribution in [1.29, 1.82) is 0 Å². The van der Waals surface area contributed by atoms with E-state index in [1.807, 2.05) is 24.3 Å². The van der Waals surface area contributed by atoms with Crippen LogP contribution in [0.1, 0.15) is 49.1 Å². The number of ether oxygens (including phenoxy) is 1. The van der Waals surface area contributed by atoms with Gasteiger partial charge in [-0.05, 0) is 93.1 Å². The van der Waals surface area contributed by atoms with Gasteiger partial charge in [0.05, 0.1) is 11.0 Å². The van der Waals surface area contributed by atoms with Gasteiger partial charge in [-0.3, -0.25) is 0 Å². The lowest BCUT2D eigenvalue weighted by atomic mass is 9.91. The molecule has 1 aromatic heterocycles. The Hall–Kier alpha value is -2.04. The van der Waals surface area contributed by atoms with Crippen LogP contribution in [0.4, 0.5) is 0 Å². The third kappa shape index (κ3) is 5.31. The van der Waals surface area contributed by atoms with Crippen LogP contribution in [0.5, 0.6) is 5.75 Å². The predicted octanol–water partition coefficient (Wildman–Crippen LogP) is 5.82. The Morgan fingerprint density at radius 1 is 1.07 bits per heavy atom. The number of aromatic nitrogens is 2. The zero-order valence-corrected chi connectivity index (χ0v) is 17.9. The molecular formula is C24H30ClN3O.